The molecule has 3 amide bonds. The summed E-state index contributed by atoms with van der Waals surface area (Å²) in [6.45, 7) is -0.862. The van der Waals surface area contributed by atoms with E-state index in [1.54, 1.807) is 18.3 Å². The number of aliphatic hydroxyl groups is 1. The van der Waals surface area contributed by atoms with Crippen molar-refractivity contribution in [3.8, 4) is 5.75 Å². The Hall–Kier alpha value is -5.20. The molecule has 12 heteroatoms. The maximum absolute atomic E-state index is 13.8. The Morgan fingerprint density at radius 2 is 1.27 bits per heavy atom. The molecule has 0 saturated heterocycles. The number of carbonyl (C=O) groups is 4. The number of H-pyrrole nitrogens is 1. The van der Waals surface area contributed by atoms with E-state index in [4.69, 9.17) is 5.73 Å². The normalized spacial score (nSPS) is 13.8. The number of aromatic hydroxyl groups is 1. The molecule has 44 heavy (non-hydrogen) atoms. The number of hydrogen-bond acceptors (Lipinski definition) is 7. The van der Waals surface area contributed by atoms with Crippen LogP contribution in [0.3, 0.4) is 0 Å². The number of aliphatic carboxylic acids is 1. The summed E-state index contributed by atoms with van der Waals surface area (Å²) in [5, 5.41) is 36.9. The van der Waals surface area contributed by atoms with Crippen LogP contribution in [0.1, 0.15) is 16.7 Å². The Morgan fingerprint density at radius 3 is 1.93 bits per heavy atom. The van der Waals surface area contributed by atoms with Gasteiger partial charge in [-0.1, -0.05) is 60.7 Å². The van der Waals surface area contributed by atoms with Crippen LogP contribution < -0.4 is 21.7 Å². The second kappa shape index (κ2) is 14.8. The summed E-state index contributed by atoms with van der Waals surface area (Å²) in [5.74, 6) is -3.58. The lowest BCUT2D eigenvalue weighted by molar-refractivity contribution is -0.143. The van der Waals surface area contributed by atoms with Gasteiger partial charge < -0.3 is 42.0 Å². The summed E-state index contributed by atoms with van der Waals surface area (Å²) < 4.78 is 0. The predicted octanol–water partition coefficient (Wildman–Crippen LogP) is 0.760. The van der Waals surface area contributed by atoms with Gasteiger partial charge >= 0.3 is 5.97 Å². The summed E-state index contributed by atoms with van der Waals surface area (Å²) in [7, 11) is 0. The number of phenolic OH excluding ortho intramolecular Hbond substituents is 1. The topological polar surface area (TPSA) is 207 Å². The number of rotatable bonds is 14. The molecule has 4 aromatic rings. The number of aliphatic hydroxyl groups excluding tert-OH is 1. The van der Waals surface area contributed by atoms with Crippen LogP contribution in [-0.4, -0.2) is 74.8 Å². The number of benzene rings is 3. The Morgan fingerprint density at radius 1 is 0.705 bits per heavy atom. The number of aromatic nitrogens is 1. The van der Waals surface area contributed by atoms with Crippen LogP contribution >= 0.6 is 0 Å². The molecule has 0 fully saturated rings. The molecule has 3 aromatic carbocycles. The van der Waals surface area contributed by atoms with E-state index in [-0.39, 0.29) is 25.0 Å². The summed E-state index contributed by atoms with van der Waals surface area (Å²) in [6.07, 6.45) is 1.95. The van der Waals surface area contributed by atoms with Crippen molar-refractivity contribution in [2.24, 2.45) is 5.73 Å². The van der Waals surface area contributed by atoms with Crippen molar-refractivity contribution < 1.29 is 34.5 Å². The molecule has 4 unspecified atom stereocenters. The van der Waals surface area contributed by atoms with Crippen LogP contribution in [0.15, 0.2) is 85.1 Å². The SMILES string of the molecule is NC(Cc1ccccc1)C(=O)NC(Cc1c[nH]c2ccccc12)C(=O)NC(Cc1ccc(O)cc1)C(=O)NC(CO)C(=O)O. The first-order valence-corrected chi connectivity index (χ1v) is 14.0. The fourth-order valence-electron chi connectivity index (χ4n) is 4.78. The Bertz CT molecular complexity index is 1590. The van der Waals surface area contributed by atoms with Gasteiger partial charge in [-0.25, -0.2) is 4.79 Å². The minimum absolute atomic E-state index is 0.00152. The fourth-order valence-corrected chi connectivity index (χ4v) is 4.78. The zero-order chi connectivity index (χ0) is 31.6. The van der Waals surface area contributed by atoms with Crippen LogP contribution in [0.25, 0.3) is 10.9 Å². The van der Waals surface area contributed by atoms with Gasteiger partial charge in [-0.15, -0.1) is 0 Å². The Labute approximate surface area is 253 Å². The molecule has 0 radical (unpaired) electrons. The van der Waals surface area contributed by atoms with Crippen LogP contribution in [0, 0.1) is 0 Å². The third kappa shape index (κ3) is 8.43. The van der Waals surface area contributed by atoms with Crippen LogP contribution in [0.4, 0.5) is 0 Å². The van der Waals surface area contributed by atoms with Crippen molar-refractivity contribution in [2.75, 3.05) is 6.61 Å². The number of nitrogens with one attached hydrogen (secondary N) is 4. The molecule has 0 aliphatic rings. The molecule has 230 valence electrons. The molecule has 0 saturated carbocycles. The van der Waals surface area contributed by atoms with Crippen LogP contribution in [0.2, 0.25) is 0 Å². The van der Waals surface area contributed by atoms with Gasteiger partial charge in [-0.05, 0) is 41.3 Å². The van der Waals surface area contributed by atoms with Crippen molar-refractivity contribution in [3.63, 3.8) is 0 Å². The summed E-state index contributed by atoms with van der Waals surface area (Å²) in [6, 6.07) is 17.6. The van der Waals surface area contributed by atoms with Crippen molar-refractivity contribution in [1.82, 2.24) is 20.9 Å². The summed E-state index contributed by atoms with van der Waals surface area (Å²) >= 11 is 0. The van der Waals surface area contributed by atoms with Gasteiger partial charge in [0.15, 0.2) is 0 Å². The third-order valence-corrected chi connectivity index (χ3v) is 7.17. The van der Waals surface area contributed by atoms with Gasteiger partial charge in [0.25, 0.3) is 0 Å². The van der Waals surface area contributed by atoms with Crippen molar-refractivity contribution >= 4 is 34.6 Å². The summed E-state index contributed by atoms with van der Waals surface area (Å²) in [4.78, 5) is 54.9. The number of phenols is 1. The van der Waals surface area contributed by atoms with Gasteiger partial charge in [0.1, 0.15) is 23.9 Å². The lowest BCUT2D eigenvalue weighted by Gasteiger charge is -2.25. The number of carbonyl (C=O) groups excluding carboxylic acids is 3. The molecular formula is C32H35N5O7. The van der Waals surface area contributed by atoms with Gasteiger partial charge in [0.2, 0.25) is 17.7 Å². The molecule has 12 nitrogen and oxygen atoms in total. The number of carboxylic acids is 1. The predicted molar refractivity (Wildman–Crippen MR) is 162 cm³/mol. The smallest absolute Gasteiger partial charge is 0.328 e. The maximum atomic E-state index is 13.8. The Balaban J connectivity index is 1.59. The number of para-hydroxylation sites is 1. The fraction of sp³-hybridized carbons (Fsp3) is 0.250. The van der Waals surface area contributed by atoms with Crippen LogP contribution in [-0.2, 0) is 38.4 Å². The van der Waals surface area contributed by atoms with Crippen molar-refractivity contribution in [3.05, 3.63) is 102 Å². The molecule has 0 spiro atoms. The minimum Gasteiger partial charge on any atom is -0.508 e. The number of hydrogen-bond donors (Lipinski definition) is 8. The number of fused-ring (bicyclic) bond motifs is 1. The molecule has 9 N–H and O–H groups in total. The number of amides is 3. The molecule has 1 aromatic heterocycles. The standard InChI is InChI=1S/C32H35N5O7/c33-24(14-19-6-2-1-3-7-19)29(40)35-27(16-21-17-34-25-9-5-4-8-23(21)25)31(42)36-26(15-20-10-12-22(39)13-11-20)30(41)37-28(18-38)32(43)44/h1-13,17,24,26-28,34,38-39H,14-16,18,33H2,(H,35,40)(H,36,42)(H,37,41)(H,43,44). The average Bonchev–Trinajstić information content (AvgIpc) is 3.43. The van der Waals surface area contributed by atoms with Gasteiger partial charge in [-0.2, -0.15) is 0 Å². The Kier molecular flexibility index (Phi) is 10.7. The maximum Gasteiger partial charge on any atom is 0.328 e. The average molecular weight is 602 g/mol. The van der Waals surface area contributed by atoms with E-state index in [0.717, 1.165) is 22.0 Å². The van der Waals surface area contributed by atoms with Gasteiger partial charge in [-0.3, -0.25) is 14.4 Å². The first-order valence-electron chi connectivity index (χ1n) is 14.0. The van der Waals surface area contributed by atoms with Gasteiger partial charge in [0, 0.05) is 29.9 Å². The van der Waals surface area contributed by atoms with Crippen LogP contribution in [0.5, 0.6) is 5.75 Å². The lowest BCUT2D eigenvalue weighted by atomic mass is 10.0. The summed E-state index contributed by atoms with van der Waals surface area (Å²) in [5.41, 5.74) is 9.18. The highest BCUT2D eigenvalue weighted by molar-refractivity contribution is 5.95. The van der Waals surface area contributed by atoms with E-state index in [9.17, 15) is 34.5 Å². The molecule has 1 heterocycles. The molecule has 0 aliphatic heterocycles. The first-order chi connectivity index (χ1) is 21.1. The van der Waals surface area contributed by atoms with E-state index in [1.807, 2.05) is 54.6 Å². The quantitative estimate of drug-likeness (QED) is 0.103. The van der Waals surface area contributed by atoms with E-state index in [1.165, 1.54) is 12.1 Å². The van der Waals surface area contributed by atoms with E-state index < -0.39 is 54.5 Å². The minimum atomic E-state index is -1.60. The zero-order valence-corrected chi connectivity index (χ0v) is 23.8. The lowest BCUT2D eigenvalue weighted by Crippen LogP contribution is -2.58. The van der Waals surface area contributed by atoms with Crippen molar-refractivity contribution in [1.29, 1.82) is 0 Å². The molecule has 0 bridgehead atoms. The number of carboxylic acid groups (broad SMARTS) is 1. The molecule has 0 aliphatic carbocycles. The van der Waals surface area contributed by atoms with E-state index in [2.05, 4.69) is 20.9 Å². The highest BCUT2D eigenvalue weighted by atomic mass is 16.4. The second-order valence-electron chi connectivity index (χ2n) is 10.4. The monoisotopic (exact) mass is 601 g/mol. The third-order valence-electron chi connectivity index (χ3n) is 7.17. The van der Waals surface area contributed by atoms with Gasteiger partial charge in [0.05, 0.1) is 12.6 Å². The molecular weight excluding hydrogens is 566 g/mol. The second-order valence-corrected chi connectivity index (χ2v) is 10.4. The largest absolute Gasteiger partial charge is 0.508 e. The number of aromatic amines is 1. The highest BCUT2D eigenvalue weighted by Gasteiger charge is 2.31. The number of nitrogens with two attached hydrogens (primary N) is 1. The van der Waals surface area contributed by atoms with E-state index in [0.29, 0.717) is 5.56 Å². The highest BCUT2D eigenvalue weighted by Crippen LogP contribution is 2.20. The van der Waals surface area contributed by atoms with E-state index >= 15 is 0 Å². The molecule has 4 rings (SSSR count). The molecule has 4 atom stereocenters. The van der Waals surface area contributed by atoms with Crippen molar-refractivity contribution in [2.45, 2.75) is 43.4 Å². The first kappa shape index (κ1) is 31.7. The zero-order valence-electron chi connectivity index (χ0n) is 23.8.